The first-order valence-corrected chi connectivity index (χ1v) is 15.0. The van der Waals surface area contributed by atoms with Crippen molar-refractivity contribution in [1.29, 1.82) is 0 Å². The predicted molar refractivity (Wildman–Crippen MR) is 158 cm³/mol. The first-order valence-electron chi connectivity index (χ1n) is 15.0. The molecule has 0 saturated carbocycles. The Morgan fingerprint density at radius 3 is 1.82 bits per heavy atom. The number of aromatic nitrogens is 2. The van der Waals surface area contributed by atoms with E-state index in [0.717, 1.165) is 41.8 Å². The second-order valence-corrected chi connectivity index (χ2v) is 10.5. The first kappa shape index (κ1) is 29.8. The highest BCUT2D eigenvalue weighted by Crippen LogP contribution is 2.24. The molecule has 0 saturated heterocycles. The Balaban J connectivity index is 1.41. The van der Waals surface area contributed by atoms with Crippen molar-refractivity contribution in [2.75, 3.05) is 6.61 Å². The molecule has 0 fully saturated rings. The van der Waals surface area contributed by atoms with Gasteiger partial charge in [-0.25, -0.2) is 14.4 Å². The molecule has 0 amide bonds. The van der Waals surface area contributed by atoms with Gasteiger partial charge in [0.05, 0.1) is 0 Å². The second kappa shape index (κ2) is 17.7. The van der Waals surface area contributed by atoms with Crippen molar-refractivity contribution in [3.63, 3.8) is 0 Å². The Hall–Kier alpha value is -2.75. The molecule has 0 radical (unpaired) electrons. The molecule has 2 aromatic carbocycles. The molecular weight excluding hydrogens is 471 g/mol. The number of benzene rings is 2. The van der Waals surface area contributed by atoms with E-state index in [4.69, 9.17) is 4.74 Å². The fraction of sp³-hybridized carbons (Fsp3) is 0.529. The summed E-state index contributed by atoms with van der Waals surface area (Å²) in [4.78, 5) is 9.21. The van der Waals surface area contributed by atoms with Gasteiger partial charge < -0.3 is 4.74 Å². The SMILES string of the molecule is CCCCCCCCCCc1ccc(-c2ncc(-c3ccc(OCC(F)CCCCCC)cc3)cn2)cc1. The van der Waals surface area contributed by atoms with Crippen LogP contribution in [0.5, 0.6) is 5.75 Å². The minimum Gasteiger partial charge on any atom is -0.491 e. The van der Waals surface area contributed by atoms with Gasteiger partial charge >= 0.3 is 0 Å². The van der Waals surface area contributed by atoms with Crippen LogP contribution in [0.1, 0.15) is 103 Å². The number of aryl methyl sites for hydroxylation is 1. The summed E-state index contributed by atoms with van der Waals surface area (Å²) in [5.41, 5.74) is 4.39. The first-order chi connectivity index (χ1) is 18.7. The van der Waals surface area contributed by atoms with E-state index in [0.29, 0.717) is 12.2 Å². The standard InChI is InChI=1S/C34H47FN2O/c1-3-5-7-9-10-11-12-13-15-28-17-19-30(20-18-28)34-36-25-31(26-37-34)29-21-23-33(24-22-29)38-27-32(35)16-14-8-6-4-2/h17-26,32H,3-16,27H2,1-2H3. The van der Waals surface area contributed by atoms with Crippen molar-refractivity contribution in [2.24, 2.45) is 0 Å². The molecule has 0 N–H and O–H groups in total. The van der Waals surface area contributed by atoms with Crippen molar-refractivity contribution < 1.29 is 9.13 Å². The highest BCUT2D eigenvalue weighted by atomic mass is 19.1. The number of unbranched alkanes of at least 4 members (excludes halogenated alkanes) is 10. The highest BCUT2D eigenvalue weighted by Gasteiger charge is 2.08. The lowest BCUT2D eigenvalue weighted by Crippen LogP contribution is -2.12. The van der Waals surface area contributed by atoms with Crippen LogP contribution in [0.15, 0.2) is 60.9 Å². The lowest BCUT2D eigenvalue weighted by atomic mass is 10.0. The molecule has 1 heterocycles. The lowest BCUT2D eigenvalue weighted by molar-refractivity contribution is 0.184. The van der Waals surface area contributed by atoms with Gasteiger partial charge in [-0.15, -0.1) is 0 Å². The van der Waals surface area contributed by atoms with Gasteiger partial charge in [-0.2, -0.15) is 0 Å². The molecule has 38 heavy (non-hydrogen) atoms. The van der Waals surface area contributed by atoms with E-state index in [-0.39, 0.29) is 6.61 Å². The molecular formula is C34H47FN2O. The van der Waals surface area contributed by atoms with Crippen molar-refractivity contribution in [1.82, 2.24) is 9.97 Å². The average Bonchev–Trinajstić information content (AvgIpc) is 2.96. The van der Waals surface area contributed by atoms with Crippen LogP contribution < -0.4 is 4.74 Å². The minimum absolute atomic E-state index is 0.112. The number of alkyl halides is 1. The Kier molecular flexibility index (Phi) is 13.9. The van der Waals surface area contributed by atoms with Crippen LogP contribution in [-0.2, 0) is 6.42 Å². The number of halogens is 1. The number of hydrogen-bond acceptors (Lipinski definition) is 3. The van der Waals surface area contributed by atoms with E-state index in [1.54, 1.807) is 0 Å². The number of hydrogen-bond donors (Lipinski definition) is 0. The van der Waals surface area contributed by atoms with E-state index in [2.05, 4.69) is 48.1 Å². The number of nitrogens with zero attached hydrogens (tertiary/aromatic N) is 2. The fourth-order valence-electron chi connectivity index (χ4n) is 4.72. The zero-order chi connectivity index (χ0) is 26.8. The Labute approximate surface area is 230 Å². The van der Waals surface area contributed by atoms with Gasteiger partial charge in [-0.3, -0.25) is 0 Å². The molecule has 0 aliphatic heterocycles. The Morgan fingerprint density at radius 1 is 0.632 bits per heavy atom. The van der Waals surface area contributed by atoms with Crippen LogP contribution in [0, 0.1) is 0 Å². The maximum atomic E-state index is 14.0. The zero-order valence-corrected chi connectivity index (χ0v) is 23.6. The Bertz CT molecular complexity index is 1000. The third-order valence-electron chi connectivity index (χ3n) is 7.17. The van der Waals surface area contributed by atoms with Crippen molar-refractivity contribution in [3.8, 4) is 28.3 Å². The number of rotatable bonds is 19. The summed E-state index contributed by atoms with van der Waals surface area (Å²) < 4.78 is 19.7. The van der Waals surface area contributed by atoms with Gasteiger partial charge in [0.1, 0.15) is 18.5 Å². The van der Waals surface area contributed by atoms with Crippen molar-refractivity contribution >= 4 is 0 Å². The molecule has 4 heteroatoms. The van der Waals surface area contributed by atoms with E-state index in [9.17, 15) is 4.39 Å². The Morgan fingerprint density at radius 2 is 1.18 bits per heavy atom. The minimum atomic E-state index is -0.911. The average molecular weight is 519 g/mol. The summed E-state index contributed by atoms with van der Waals surface area (Å²) >= 11 is 0. The molecule has 1 aromatic heterocycles. The van der Waals surface area contributed by atoms with Gasteiger partial charge in [0.25, 0.3) is 0 Å². The van der Waals surface area contributed by atoms with Crippen LogP contribution in [0.3, 0.4) is 0 Å². The highest BCUT2D eigenvalue weighted by molar-refractivity contribution is 5.64. The van der Waals surface area contributed by atoms with E-state index in [1.807, 2.05) is 36.7 Å². The van der Waals surface area contributed by atoms with Crippen molar-refractivity contribution in [2.45, 2.75) is 110 Å². The van der Waals surface area contributed by atoms with Crippen LogP contribution in [0.4, 0.5) is 4.39 Å². The quantitative estimate of drug-likeness (QED) is 0.148. The van der Waals surface area contributed by atoms with E-state index in [1.165, 1.54) is 69.8 Å². The summed E-state index contributed by atoms with van der Waals surface area (Å²) in [6, 6.07) is 16.4. The molecule has 206 valence electrons. The molecule has 1 unspecified atom stereocenters. The molecule has 0 aliphatic carbocycles. The third kappa shape index (κ3) is 10.9. The van der Waals surface area contributed by atoms with Gasteiger partial charge in [-0.05, 0) is 42.5 Å². The largest absolute Gasteiger partial charge is 0.491 e. The second-order valence-electron chi connectivity index (χ2n) is 10.5. The summed E-state index contributed by atoms with van der Waals surface area (Å²) in [5, 5.41) is 0. The summed E-state index contributed by atoms with van der Waals surface area (Å²) in [6.45, 7) is 4.55. The lowest BCUT2D eigenvalue weighted by Gasteiger charge is -2.11. The van der Waals surface area contributed by atoms with Gasteiger partial charge in [0, 0.05) is 23.5 Å². The van der Waals surface area contributed by atoms with E-state index < -0.39 is 6.17 Å². The van der Waals surface area contributed by atoms with Crippen LogP contribution in [0.2, 0.25) is 0 Å². The normalized spacial score (nSPS) is 12.0. The molecule has 0 aliphatic rings. The third-order valence-corrected chi connectivity index (χ3v) is 7.17. The van der Waals surface area contributed by atoms with Crippen LogP contribution >= 0.6 is 0 Å². The zero-order valence-electron chi connectivity index (χ0n) is 23.6. The maximum absolute atomic E-state index is 14.0. The smallest absolute Gasteiger partial charge is 0.159 e. The van der Waals surface area contributed by atoms with Crippen LogP contribution in [0.25, 0.3) is 22.5 Å². The number of ether oxygens (including phenoxy) is 1. The monoisotopic (exact) mass is 518 g/mol. The summed E-state index contributed by atoms with van der Waals surface area (Å²) in [5.74, 6) is 1.43. The molecule has 3 aromatic rings. The maximum Gasteiger partial charge on any atom is 0.159 e. The van der Waals surface area contributed by atoms with Crippen LogP contribution in [-0.4, -0.2) is 22.7 Å². The molecule has 0 spiro atoms. The molecule has 0 bridgehead atoms. The fourth-order valence-corrected chi connectivity index (χ4v) is 4.72. The molecule has 1 atom stereocenters. The predicted octanol–water partition coefficient (Wildman–Crippen LogP) is 10.2. The van der Waals surface area contributed by atoms with E-state index >= 15 is 0 Å². The van der Waals surface area contributed by atoms with Gasteiger partial charge in [0.15, 0.2) is 5.82 Å². The molecule has 3 nitrogen and oxygen atoms in total. The van der Waals surface area contributed by atoms with Gasteiger partial charge in [0.2, 0.25) is 0 Å². The molecule has 3 rings (SSSR count). The summed E-state index contributed by atoms with van der Waals surface area (Å²) in [6.07, 6.45) is 19.7. The van der Waals surface area contributed by atoms with Gasteiger partial charge in [-0.1, -0.05) is 121 Å². The van der Waals surface area contributed by atoms with Crippen molar-refractivity contribution in [3.05, 3.63) is 66.5 Å². The summed E-state index contributed by atoms with van der Waals surface area (Å²) in [7, 11) is 0. The topological polar surface area (TPSA) is 35.0 Å².